The number of pyridine rings is 2. The molecule has 0 spiro atoms. The van der Waals surface area contributed by atoms with E-state index in [-0.39, 0.29) is 5.97 Å². The molecule has 0 amide bonds. The van der Waals surface area contributed by atoms with E-state index >= 15 is 0 Å². The van der Waals surface area contributed by atoms with Gasteiger partial charge in [0.25, 0.3) is 0 Å². The Hall–Kier alpha value is -2.91. The molecule has 2 aliphatic rings. The fraction of sp³-hybridized carbons (Fsp3) is 0.433. The minimum atomic E-state index is -0.134. The molecule has 3 aromatic rings. The molecule has 8 nitrogen and oxygen atoms in total. The Kier molecular flexibility index (Phi) is 9.42. The minimum Gasteiger partial charge on any atom is -0.469 e. The molecule has 2 aromatic heterocycles. The third-order valence-electron chi connectivity index (χ3n) is 7.65. The van der Waals surface area contributed by atoms with E-state index in [1.165, 1.54) is 7.11 Å². The number of ether oxygens (including phenoxy) is 2. The molecular weight excluding hydrogens is 549 g/mol. The molecule has 0 bridgehead atoms. The standard InChI is InChI=1S/C30H35Cl2N5O3/c1-20-23(19-36-9-5-21(6-10-36)13-29(38)39-2)16-27(22-14-24(31)17-25(32)15-22)35-30(20)40-26-3-4-28(34-18-26)37-11-7-33-8-12-37/h3-4,14-18,21,33H,5-13,19H2,1-2H3. The van der Waals surface area contributed by atoms with Gasteiger partial charge in [-0.2, -0.15) is 0 Å². The van der Waals surface area contributed by atoms with E-state index in [9.17, 15) is 4.79 Å². The topological polar surface area (TPSA) is 79.8 Å². The van der Waals surface area contributed by atoms with Crippen LogP contribution in [0.5, 0.6) is 11.6 Å². The summed E-state index contributed by atoms with van der Waals surface area (Å²) in [6, 6.07) is 11.5. The van der Waals surface area contributed by atoms with Crippen LogP contribution >= 0.6 is 23.2 Å². The normalized spacial score (nSPS) is 16.6. The van der Waals surface area contributed by atoms with Crippen molar-refractivity contribution in [3.8, 4) is 22.9 Å². The lowest BCUT2D eigenvalue weighted by Gasteiger charge is -2.32. The molecular formula is C30H35Cl2N5O3. The first-order valence-electron chi connectivity index (χ1n) is 13.7. The smallest absolute Gasteiger partial charge is 0.305 e. The molecule has 2 fully saturated rings. The number of hydrogen-bond donors (Lipinski definition) is 1. The van der Waals surface area contributed by atoms with Crippen molar-refractivity contribution in [3.05, 3.63) is 63.8 Å². The van der Waals surface area contributed by atoms with E-state index in [4.69, 9.17) is 37.7 Å². The molecule has 10 heteroatoms. The van der Waals surface area contributed by atoms with E-state index in [0.29, 0.717) is 34.0 Å². The maximum absolute atomic E-state index is 11.7. The maximum Gasteiger partial charge on any atom is 0.305 e. The van der Waals surface area contributed by atoms with Crippen molar-refractivity contribution >= 4 is 35.0 Å². The minimum absolute atomic E-state index is 0.134. The molecule has 40 heavy (non-hydrogen) atoms. The maximum atomic E-state index is 11.7. The van der Waals surface area contributed by atoms with E-state index in [2.05, 4.69) is 26.2 Å². The summed E-state index contributed by atoms with van der Waals surface area (Å²) >= 11 is 12.7. The van der Waals surface area contributed by atoms with E-state index in [1.54, 1.807) is 12.3 Å². The molecule has 0 radical (unpaired) electrons. The van der Waals surface area contributed by atoms with Crippen molar-refractivity contribution in [2.24, 2.45) is 5.92 Å². The van der Waals surface area contributed by atoms with Crippen LogP contribution in [-0.4, -0.2) is 67.2 Å². The number of benzene rings is 1. The van der Waals surface area contributed by atoms with Crippen LogP contribution in [0.1, 0.15) is 30.4 Å². The van der Waals surface area contributed by atoms with Crippen LogP contribution in [0.4, 0.5) is 5.82 Å². The summed E-state index contributed by atoms with van der Waals surface area (Å²) in [4.78, 5) is 25.9. The van der Waals surface area contributed by atoms with Crippen molar-refractivity contribution in [1.82, 2.24) is 20.2 Å². The number of halogens is 2. The number of carbonyl (C=O) groups excluding carboxylic acids is 1. The van der Waals surface area contributed by atoms with Gasteiger partial charge in [0.2, 0.25) is 5.88 Å². The number of methoxy groups -OCH3 is 1. The third-order valence-corrected chi connectivity index (χ3v) is 8.09. The molecule has 212 valence electrons. The van der Waals surface area contributed by atoms with Crippen LogP contribution in [0.15, 0.2) is 42.6 Å². The van der Waals surface area contributed by atoms with Gasteiger partial charge in [-0.25, -0.2) is 9.97 Å². The van der Waals surface area contributed by atoms with Gasteiger partial charge in [0, 0.05) is 60.3 Å². The van der Waals surface area contributed by atoms with Crippen LogP contribution in [-0.2, 0) is 16.1 Å². The molecule has 0 atom stereocenters. The second-order valence-corrected chi connectivity index (χ2v) is 11.3. The Morgan fingerprint density at radius 1 is 1.05 bits per heavy atom. The molecule has 2 saturated heterocycles. The summed E-state index contributed by atoms with van der Waals surface area (Å²) in [7, 11) is 1.45. The Bertz CT molecular complexity index is 1300. The Balaban J connectivity index is 1.38. The molecule has 1 aromatic carbocycles. The highest BCUT2D eigenvalue weighted by atomic mass is 35.5. The number of anilines is 1. The van der Waals surface area contributed by atoms with Crippen LogP contribution < -0.4 is 15.0 Å². The number of carbonyl (C=O) groups is 1. The van der Waals surface area contributed by atoms with Crippen LogP contribution in [0, 0.1) is 12.8 Å². The van der Waals surface area contributed by atoms with Gasteiger partial charge < -0.3 is 19.7 Å². The second-order valence-electron chi connectivity index (χ2n) is 10.4. The highest BCUT2D eigenvalue weighted by molar-refractivity contribution is 6.35. The molecule has 2 aliphatic heterocycles. The van der Waals surface area contributed by atoms with Crippen molar-refractivity contribution in [3.63, 3.8) is 0 Å². The van der Waals surface area contributed by atoms with Gasteiger partial charge >= 0.3 is 5.97 Å². The Morgan fingerprint density at radius 2 is 1.77 bits per heavy atom. The first-order valence-corrected chi connectivity index (χ1v) is 14.5. The Labute approximate surface area is 245 Å². The van der Waals surface area contributed by atoms with Crippen molar-refractivity contribution in [2.45, 2.75) is 32.7 Å². The average molecular weight is 585 g/mol. The monoisotopic (exact) mass is 583 g/mol. The number of nitrogens with one attached hydrogen (secondary N) is 1. The Morgan fingerprint density at radius 3 is 2.42 bits per heavy atom. The number of piperidine rings is 1. The number of hydrogen-bond acceptors (Lipinski definition) is 8. The molecule has 0 unspecified atom stereocenters. The van der Waals surface area contributed by atoms with E-state index < -0.39 is 0 Å². The van der Waals surface area contributed by atoms with Gasteiger partial charge in [-0.1, -0.05) is 23.2 Å². The van der Waals surface area contributed by atoms with Gasteiger partial charge in [0.05, 0.1) is 19.0 Å². The predicted molar refractivity (Wildman–Crippen MR) is 158 cm³/mol. The average Bonchev–Trinajstić information content (AvgIpc) is 2.96. The zero-order valence-electron chi connectivity index (χ0n) is 23.0. The number of piperazine rings is 1. The van der Waals surface area contributed by atoms with Crippen LogP contribution in [0.3, 0.4) is 0 Å². The molecule has 0 aliphatic carbocycles. The zero-order chi connectivity index (χ0) is 28.1. The molecule has 4 heterocycles. The lowest BCUT2D eigenvalue weighted by Crippen LogP contribution is -2.43. The fourth-order valence-electron chi connectivity index (χ4n) is 5.28. The number of nitrogens with zero attached hydrogens (tertiary/aromatic N) is 4. The van der Waals surface area contributed by atoms with Crippen molar-refractivity contribution in [2.75, 3.05) is 51.3 Å². The fourth-order valence-corrected chi connectivity index (χ4v) is 5.81. The van der Waals surface area contributed by atoms with Crippen LogP contribution in [0.2, 0.25) is 10.0 Å². The lowest BCUT2D eigenvalue weighted by atomic mass is 9.93. The van der Waals surface area contributed by atoms with E-state index in [1.807, 2.05) is 31.2 Å². The van der Waals surface area contributed by atoms with Crippen LogP contribution in [0.25, 0.3) is 11.3 Å². The summed E-state index contributed by atoms with van der Waals surface area (Å²) in [5.74, 6) is 2.33. The highest BCUT2D eigenvalue weighted by Gasteiger charge is 2.23. The number of aromatic nitrogens is 2. The largest absolute Gasteiger partial charge is 0.469 e. The second kappa shape index (κ2) is 13.2. The van der Waals surface area contributed by atoms with Gasteiger partial charge in [-0.05, 0) is 80.7 Å². The van der Waals surface area contributed by atoms with Gasteiger partial charge in [0.1, 0.15) is 11.6 Å². The predicted octanol–water partition coefficient (Wildman–Crippen LogP) is 5.74. The summed E-state index contributed by atoms with van der Waals surface area (Å²) in [5.41, 5.74) is 3.66. The SMILES string of the molecule is COC(=O)CC1CCN(Cc2cc(-c3cc(Cl)cc(Cl)c3)nc(Oc3ccc(N4CCNCC4)nc3)c2C)CC1. The summed E-state index contributed by atoms with van der Waals surface area (Å²) in [6.07, 6.45) is 4.17. The molecule has 1 N–H and O–H groups in total. The highest BCUT2D eigenvalue weighted by Crippen LogP contribution is 2.34. The van der Waals surface area contributed by atoms with Crippen molar-refractivity contribution in [1.29, 1.82) is 0 Å². The van der Waals surface area contributed by atoms with Gasteiger partial charge in [0.15, 0.2) is 0 Å². The number of likely N-dealkylation sites (tertiary alicyclic amines) is 1. The molecule has 5 rings (SSSR count). The summed E-state index contributed by atoms with van der Waals surface area (Å²) in [6.45, 7) is 8.38. The first-order chi connectivity index (χ1) is 19.4. The number of esters is 1. The van der Waals surface area contributed by atoms with Gasteiger partial charge in [-0.15, -0.1) is 0 Å². The molecule has 0 saturated carbocycles. The number of rotatable bonds is 8. The van der Waals surface area contributed by atoms with E-state index in [0.717, 1.165) is 86.9 Å². The first kappa shape index (κ1) is 28.6. The van der Waals surface area contributed by atoms with Gasteiger partial charge in [-0.3, -0.25) is 9.69 Å². The summed E-state index contributed by atoms with van der Waals surface area (Å²) < 4.78 is 11.2. The zero-order valence-corrected chi connectivity index (χ0v) is 24.5. The third kappa shape index (κ3) is 7.23. The lowest BCUT2D eigenvalue weighted by molar-refractivity contribution is -0.142. The quantitative estimate of drug-likeness (QED) is 0.336. The van der Waals surface area contributed by atoms with Crippen molar-refractivity contribution < 1.29 is 14.3 Å². The summed E-state index contributed by atoms with van der Waals surface area (Å²) in [5, 5.41) is 4.47.